The summed E-state index contributed by atoms with van der Waals surface area (Å²) in [5, 5.41) is 6.42. The van der Waals surface area contributed by atoms with Crippen molar-refractivity contribution >= 4 is 22.9 Å². The Kier molecular flexibility index (Phi) is 5.41. The summed E-state index contributed by atoms with van der Waals surface area (Å²) in [6.07, 6.45) is 1.58. The lowest BCUT2D eigenvalue weighted by atomic mass is 10.1. The summed E-state index contributed by atoms with van der Waals surface area (Å²) in [4.78, 5) is 12.3. The van der Waals surface area contributed by atoms with Crippen molar-refractivity contribution in [1.29, 1.82) is 0 Å². The van der Waals surface area contributed by atoms with Crippen LogP contribution in [0.25, 0.3) is 10.8 Å². The van der Waals surface area contributed by atoms with Crippen molar-refractivity contribution in [3.8, 4) is 17.2 Å². The number of ether oxygens (including phenoxy) is 3. The van der Waals surface area contributed by atoms with Crippen LogP contribution in [0, 0.1) is 0 Å². The minimum Gasteiger partial charge on any atom is -0.489 e. The SMILES string of the molecule is O=C(N/N=C\c1ccc(OCc2cccc3ccccc23)cc1)c1ccc2c(c1)OCO2. The second-order valence-corrected chi connectivity index (χ2v) is 7.26. The van der Waals surface area contributed by atoms with E-state index >= 15 is 0 Å². The molecule has 32 heavy (non-hydrogen) atoms. The number of nitrogens with one attached hydrogen (secondary N) is 1. The lowest BCUT2D eigenvalue weighted by Gasteiger charge is -2.09. The second-order valence-electron chi connectivity index (χ2n) is 7.26. The first kappa shape index (κ1) is 19.6. The van der Waals surface area contributed by atoms with Gasteiger partial charge in [0.15, 0.2) is 11.5 Å². The Morgan fingerprint density at radius 2 is 1.75 bits per heavy atom. The zero-order valence-electron chi connectivity index (χ0n) is 17.2. The highest BCUT2D eigenvalue weighted by Crippen LogP contribution is 2.32. The van der Waals surface area contributed by atoms with Crippen molar-refractivity contribution in [2.45, 2.75) is 6.61 Å². The van der Waals surface area contributed by atoms with Gasteiger partial charge in [-0.15, -0.1) is 0 Å². The van der Waals surface area contributed by atoms with Gasteiger partial charge in [0.05, 0.1) is 6.21 Å². The number of carbonyl (C=O) groups is 1. The van der Waals surface area contributed by atoms with Crippen molar-refractivity contribution in [2.75, 3.05) is 6.79 Å². The van der Waals surface area contributed by atoms with Crippen LogP contribution >= 0.6 is 0 Å². The van der Waals surface area contributed by atoms with Gasteiger partial charge in [0.1, 0.15) is 12.4 Å². The van der Waals surface area contributed by atoms with Gasteiger partial charge in [-0.1, -0.05) is 42.5 Å². The largest absolute Gasteiger partial charge is 0.489 e. The standard InChI is InChI=1S/C26H20N2O4/c29-26(20-10-13-24-25(14-20)32-17-31-24)28-27-15-18-8-11-22(12-9-18)30-16-21-6-3-5-19-4-1-2-7-23(19)21/h1-15H,16-17H2,(H,28,29)/b27-15-. The molecule has 0 saturated heterocycles. The van der Waals surface area contributed by atoms with E-state index in [1.54, 1.807) is 24.4 Å². The molecule has 0 saturated carbocycles. The molecule has 1 aliphatic heterocycles. The van der Waals surface area contributed by atoms with Gasteiger partial charge in [0, 0.05) is 5.56 Å². The van der Waals surface area contributed by atoms with Crippen LogP contribution in [0.5, 0.6) is 17.2 Å². The molecule has 5 rings (SSSR count). The Hall–Kier alpha value is -4.32. The number of fused-ring (bicyclic) bond motifs is 2. The first-order chi connectivity index (χ1) is 15.8. The average Bonchev–Trinajstić information content (AvgIpc) is 3.31. The third kappa shape index (κ3) is 4.25. The number of benzene rings is 4. The summed E-state index contributed by atoms with van der Waals surface area (Å²) in [5.74, 6) is 1.63. The van der Waals surface area contributed by atoms with Crippen LogP contribution in [0.2, 0.25) is 0 Å². The minimum atomic E-state index is -0.324. The molecular weight excluding hydrogens is 404 g/mol. The van der Waals surface area contributed by atoms with Crippen molar-refractivity contribution in [1.82, 2.24) is 5.43 Å². The molecule has 0 bridgehead atoms. The quantitative estimate of drug-likeness (QED) is 0.353. The summed E-state index contributed by atoms with van der Waals surface area (Å²) in [6.45, 7) is 0.653. The molecule has 1 aliphatic rings. The lowest BCUT2D eigenvalue weighted by molar-refractivity contribution is 0.0954. The highest BCUT2D eigenvalue weighted by atomic mass is 16.7. The smallest absolute Gasteiger partial charge is 0.271 e. The average molecular weight is 424 g/mol. The number of rotatable bonds is 6. The number of hydrazone groups is 1. The van der Waals surface area contributed by atoms with Gasteiger partial charge in [0.2, 0.25) is 6.79 Å². The molecule has 4 aromatic carbocycles. The van der Waals surface area contributed by atoms with Gasteiger partial charge < -0.3 is 14.2 Å². The number of amides is 1. The first-order valence-corrected chi connectivity index (χ1v) is 10.2. The van der Waals surface area contributed by atoms with E-state index in [4.69, 9.17) is 14.2 Å². The fourth-order valence-corrected chi connectivity index (χ4v) is 3.50. The van der Waals surface area contributed by atoms with Crippen molar-refractivity contribution in [2.24, 2.45) is 5.10 Å². The second kappa shape index (κ2) is 8.81. The van der Waals surface area contributed by atoms with Gasteiger partial charge >= 0.3 is 0 Å². The zero-order valence-corrected chi connectivity index (χ0v) is 17.2. The van der Waals surface area contributed by atoms with Crippen LogP contribution in [0.3, 0.4) is 0 Å². The molecule has 0 fully saturated rings. The third-order valence-corrected chi connectivity index (χ3v) is 5.17. The Morgan fingerprint density at radius 3 is 2.66 bits per heavy atom. The number of carbonyl (C=O) groups excluding carboxylic acids is 1. The maximum absolute atomic E-state index is 12.3. The van der Waals surface area contributed by atoms with E-state index in [9.17, 15) is 4.79 Å². The topological polar surface area (TPSA) is 69.2 Å². The fraction of sp³-hybridized carbons (Fsp3) is 0.0769. The Bertz CT molecular complexity index is 1290. The molecule has 1 amide bonds. The molecule has 158 valence electrons. The predicted molar refractivity (Wildman–Crippen MR) is 122 cm³/mol. The number of hydrogen-bond donors (Lipinski definition) is 1. The van der Waals surface area contributed by atoms with Gasteiger partial charge in [-0.3, -0.25) is 4.79 Å². The van der Waals surface area contributed by atoms with Crippen LogP contribution in [0.1, 0.15) is 21.5 Å². The summed E-state index contributed by atoms with van der Waals surface area (Å²) < 4.78 is 16.5. The molecule has 6 nitrogen and oxygen atoms in total. The van der Waals surface area contributed by atoms with Crippen molar-refractivity contribution in [3.63, 3.8) is 0 Å². The molecular formula is C26H20N2O4. The van der Waals surface area contributed by atoms with Crippen LogP contribution < -0.4 is 19.6 Å². The maximum Gasteiger partial charge on any atom is 0.271 e. The van der Waals surface area contributed by atoms with Crippen LogP contribution in [0.4, 0.5) is 0 Å². The maximum atomic E-state index is 12.3. The van der Waals surface area contributed by atoms with E-state index in [0.29, 0.717) is 23.7 Å². The van der Waals surface area contributed by atoms with E-state index < -0.39 is 0 Å². The fourth-order valence-electron chi connectivity index (χ4n) is 3.50. The normalized spacial score (nSPS) is 12.2. The van der Waals surface area contributed by atoms with Crippen LogP contribution in [-0.2, 0) is 6.61 Å². The highest BCUT2D eigenvalue weighted by Gasteiger charge is 2.15. The molecule has 0 unspecified atom stereocenters. The molecule has 1 heterocycles. The molecule has 0 atom stereocenters. The Morgan fingerprint density at radius 1 is 0.938 bits per heavy atom. The van der Waals surface area contributed by atoms with Gasteiger partial charge in [-0.05, 0) is 64.4 Å². The van der Waals surface area contributed by atoms with Crippen LogP contribution in [0.15, 0.2) is 90.0 Å². The predicted octanol–water partition coefficient (Wildman–Crippen LogP) is 4.91. The number of nitrogens with zero attached hydrogens (tertiary/aromatic N) is 1. The summed E-state index contributed by atoms with van der Waals surface area (Å²) in [5.41, 5.74) is 4.95. The van der Waals surface area contributed by atoms with Gasteiger partial charge in [0.25, 0.3) is 5.91 Å². The molecule has 6 heteroatoms. The first-order valence-electron chi connectivity index (χ1n) is 10.2. The van der Waals surface area contributed by atoms with E-state index in [1.165, 1.54) is 10.8 Å². The monoisotopic (exact) mass is 424 g/mol. The van der Waals surface area contributed by atoms with Crippen molar-refractivity contribution in [3.05, 3.63) is 102 Å². The summed E-state index contributed by atoms with van der Waals surface area (Å²) in [7, 11) is 0. The van der Waals surface area contributed by atoms with E-state index in [1.807, 2.05) is 42.5 Å². The zero-order chi connectivity index (χ0) is 21.8. The van der Waals surface area contributed by atoms with Crippen LogP contribution in [-0.4, -0.2) is 18.9 Å². The molecule has 0 radical (unpaired) electrons. The molecule has 0 aliphatic carbocycles. The molecule has 0 aromatic heterocycles. The highest BCUT2D eigenvalue weighted by molar-refractivity contribution is 5.95. The minimum absolute atomic E-state index is 0.167. The lowest BCUT2D eigenvalue weighted by Crippen LogP contribution is -2.17. The van der Waals surface area contributed by atoms with Gasteiger partial charge in [-0.2, -0.15) is 5.10 Å². The summed E-state index contributed by atoms with van der Waals surface area (Å²) >= 11 is 0. The third-order valence-electron chi connectivity index (χ3n) is 5.17. The van der Waals surface area contributed by atoms with E-state index in [2.05, 4.69) is 34.8 Å². The Balaban J connectivity index is 1.17. The van der Waals surface area contributed by atoms with E-state index in [-0.39, 0.29) is 12.7 Å². The molecule has 4 aromatic rings. The summed E-state index contributed by atoms with van der Waals surface area (Å²) in [6, 6.07) is 27.0. The van der Waals surface area contributed by atoms with Crippen molar-refractivity contribution < 1.29 is 19.0 Å². The number of hydrogen-bond acceptors (Lipinski definition) is 5. The van der Waals surface area contributed by atoms with E-state index in [0.717, 1.165) is 16.9 Å². The molecule has 1 N–H and O–H groups in total. The molecule has 0 spiro atoms. The van der Waals surface area contributed by atoms with Gasteiger partial charge in [-0.25, -0.2) is 5.43 Å². The Labute approximate surface area is 185 Å².